The fourth-order valence-electron chi connectivity index (χ4n) is 2.69. The van der Waals surface area contributed by atoms with Gasteiger partial charge in [0, 0.05) is 23.3 Å². The number of carbonyl (C=O) groups excluding carboxylic acids is 1. The van der Waals surface area contributed by atoms with Crippen molar-refractivity contribution in [1.82, 2.24) is 5.32 Å². The van der Waals surface area contributed by atoms with Crippen LogP contribution in [0.3, 0.4) is 0 Å². The van der Waals surface area contributed by atoms with Gasteiger partial charge in [-0.3, -0.25) is 15.5 Å². The zero-order valence-corrected chi connectivity index (χ0v) is 15.6. The molecule has 1 aromatic rings. The van der Waals surface area contributed by atoms with Crippen molar-refractivity contribution >= 4 is 34.1 Å². The maximum absolute atomic E-state index is 12.0. The van der Waals surface area contributed by atoms with E-state index in [0.717, 1.165) is 31.9 Å². The molecule has 1 amide bonds. The topological polar surface area (TPSA) is 113 Å². The number of hydrogen-bond donors (Lipinski definition) is 3. The van der Waals surface area contributed by atoms with Crippen LogP contribution in [-0.4, -0.2) is 26.5 Å². The van der Waals surface area contributed by atoms with Crippen LogP contribution in [0.4, 0.5) is 0 Å². The molecule has 0 heterocycles. The molecule has 0 saturated heterocycles. The normalized spacial score (nSPS) is 14.6. The first kappa shape index (κ1) is 21.0. The van der Waals surface area contributed by atoms with Crippen molar-refractivity contribution < 1.29 is 13.2 Å². The van der Waals surface area contributed by atoms with Gasteiger partial charge in [0.2, 0.25) is 0 Å². The number of nitrogens with one attached hydrogen (secondary N) is 2. The number of nitrogens with two attached hydrogens (primary N) is 1. The number of benzene rings is 1. The molecule has 0 unspecified atom stereocenters. The van der Waals surface area contributed by atoms with Crippen LogP contribution in [-0.2, 0) is 9.84 Å². The van der Waals surface area contributed by atoms with Crippen LogP contribution < -0.4 is 11.1 Å². The van der Waals surface area contributed by atoms with Gasteiger partial charge in [-0.25, -0.2) is 8.42 Å². The fourth-order valence-corrected chi connectivity index (χ4v) is 3.55. The molecule has 0 aliphatic heterocycles. The highest BCUT2D eigenvalue weighted by molar-refractivity contribution is 7.90. The van der Waals surface area contributed by atoms with Crippen LogP contribution in [0.15, 0.2) is 23.1 Å². The molecule has 1 saturated carbocycles. The van der Waals surface area contributed by atoms with E-state index in [4.69, 9.17) is 11.1 Å². The minimum Gasteiger partial charge on any atom is -0.370 e. The summed E-state index contributed by atoms with van der Waals surface area (Å²) in [5, 5.41) is 9.21. The number of carbonyl (C=O) groups is 1. The average Bonchev–Trinajstić information content (AvgIpc) is 2.52. The van der Waals surface area contributed by atoms with E-state index in [9.17, 15) is 13.2 Å². The zero-order chi connectivity index (χ0) is 17.7. The molecular weight excluding hydrogens is 362 g/mol. The molecule has 6 nitrogen and oxygen atoms in total. The Balaban J connectivity index is 0.00000312. The first-order chi connectivity index (χ1) is 11.3. The lowest BCUT2D eigenvalue weighted by Gasteiger charge is -2.15. The van der Waals surface area contributed by atoms with Gasteiger partial charge in [0.25, 0.3) is 5.91 Å². The summed E-state index contributed by atoms with van der Waals surface area (Å²) < 4.78 is 24.1. The van der Waals surface area contributed by atoms with Gasteiger partial charge < -0.3 is 5.73 Å². The van der Waals surface area contributed by atoms with Crippen LogP contribution in [0, 0.1) is 23.2 Å². The predicted octanol–water partition coefficient (Wildman–Crippen LogP) is 2.07. The lowest BCUT2D eigenvalue weighted by Crippen LogP contribution is -2.35. The summed E-state index contributed by atoms with van der Waals surface area (Å²) in [6.07, 6.45) is 6.71. The first-order valence-electron chi connectivity index (χ1n) is 7.78. The summed E-state index contributed by atoms with van der Waals surface area (Å²) in [5.41, 5.74) is 5.64. The van der Waals surface area contributed by atoms with Gasteiger partial charge >= 0.3 is 0 Å². The monoisotopic (exact) mass is 383 g/mol. The lowest BCUT2D eigenvalue weighted by molar-refractivity contribution is 0.0976. The summed E-state index contributed by atoms with van der Waals surface area (Å²) >= 11 is 0. The number of hydrogen-bond acceptors (Lipinski definition) is 4. The summed E-state index contributed by atoms with van der Waals surface area (Å²) in [4.78, 5) is 11.9. The minimum atomic E-state index is -3.54. The molecular formula is C17H22ClN3O3S. The smallest absolute Gasteiger partial charge is 0.257 e. The SMILES string of the molecule is CS(=O)(=O)c1cc(C(=O)NC(=N)N)ccc1C#CC1CCCCC1.Cl. The summed E-state index contributed by atoms with van der Waals surface area (Å²) in [6.45, 7) is 0. The van der Waals surface area contributed by atoms with Gasteiger partial charge in [-0.1, -0.05) is 31.1 Å². The van der Waals surface area contributed by atoms with Gasteiger partial charge in [0.05, 0.1) is 4.90 Å². The maximum Gasteiger partial charge on any atom is 0.257 e. The van der Waals surface area contributed by atoms with Crippen molar-refractivity contribution in [3.05, 3.63) is 29.3 Å². The van der Waals surface area contributed by atoms with E-state index < -0.39 is 21.7 Å². The number of sulfone groups is 1. The van der Waals surface area contributed by atoms with Crippen molar-refractivity contribution in [2.24, 2.45) is 11.7 Å². The highest BCUT2D eigenvalue weighted by Crippen LogP contribution is 2.23. The Hall–Kier alpha value is -2.04. The number of halogens is 1. The van der Waals surface area contributed by atoms with Gasteiger partial charge in [-0.05, 0) is 31.0 Å². The predicted molar refractivity (Wildman–Crippen MR) is 99.6 cm³/mol. The molecule has 0 radical (unpaired) electrons. The van der Waals surface area contributed by atoms with E-state index in [1.807, 2.05) is 0 Å². The molecule has 1 aliphatic carbocycles. The molecule has 0 aromatic heterocycles. The van der Waals surface area contributed by atoms with Crippen LogP contribution >= 0.6 is 12.4 Å². The van der Waals surface area contributed by atoms with E-state index in [1.54, 1.807) is 0 Å². The highest BCUT2D eigenvalue weighted by atomic mass is 35.5. The Kier molecular flexibility index (Phi) is 7.46. The molecule has 1 fully saturated rings. The summed E-state index contributed by atoms with van der Waals surface area (Å²) in [6, 6.07) is 4.29. The molecule has 25 heavy (non-hydrogen) atoms. The second-order valence-corrected chi connectivity index (χ2v) is 7.94. The molecule has 4 N–H and O–H groups in total. The van der Waals surface area contributed by atoms with Gasteiger partial charge in [0.1, 0.15) is 0 Å². The Labute approximate surface area is 154 Å². The third-order valence-electron chi connectivity index (χ3n) is 3.91. The molecule has 8 heteroatoms. The second kappa shape index (κ2) is 8.88. The van der Waals surface area contributed by atoms with E-state index in [2.05, 4.69) is 17.2 Å². The van der Waals surface area contributed by atoms with Crippen LogP contribution in [0.2, 0.25) is 0 Å². The molecule has 2 rings (SSSR count). The standard InChI is InChI=1S/C17H21N3O3S.ClH/c1-24(22,23)15-11-14(16(21)20-17(18)19)10-9-13(15)8-7-12-5-3-2-4-6-12;/h9-12H,2-6H2,1H3,(H4,18,19,20,21);1H. The van der Waals surface area contributed by atoms with Crippen molar-refractivity contribution in [3.8, 4) is 11.8 Å². The van der Waals surface area contributed by atoms with Crippen molar-refractivity contribution in [3.63, 3.8) is 0 Å². The van der Waals surface area contributed by atoms with Crippen LogP contribution in [0.1, 0.15) is 48.0 Å². The second-order valence-electron chi connectivity index (χ2n) is 5.96. The Morgan fingerprint density at radius 2 is 1.92 bits per heavy atom. The van der Waals surface area contributed by atoms with E-state index >= 15 is 0 Å². The average molecular weight is 384 g/mol. The van der Waals surface area contributed by atoms with Gasteiger partial charge in [-0.2, -0.15) is 0 Å². The quantitative estimate of drug-likeness (QED) is 0.412. The largest absolute Gasteiger partial charge is 0.370 e. The van der Waals surface area contributed by atoms with Crippen LogP contribution in [0.25, 0.3) is 0 Å². The number of rotatable bonds is 2. The maximum atomic E-state index is 12.0. The van der Waals surface area contributed by atoms with Gasteiger partial charge in [0.15, 0.2) is 15.8 Å². The molecule has 0 spiro atoms. The molecule has 136 valence electrons. The summed E-state index contributed by atoms with van der Waals surface area (Å²) in [7, 11) is -3.54. The third-order valence-corrected chi connectivity index (χ3v) is 5.04. The lowest BCUT2D eigenvalue weighted by atomic mass is 9.89. The molecule has 1 aliphatic rings. The molecule has 0 atom stereocenters. The van der Waals surface area contributed by atoms with Crippen LogP contribution in [0.5, 0.6) is 0 Å². The summed E-state index contributed by atoms with van der Waals surface area (Å²) in [5.74, 6) is 5.30. The van der Waals surface area contributed by atoms with E-state index in [1.165, 1.54) is 24.6 Å². The molecule has 1 aromatic carbocycles. The Bertz CT molecular complexity index is 819. The van der Waals surface area contributed by atoms with Crippen molar-refractivity contribution in [2.45, 2.75) is 37.0 Å². The minimum absolute atomic E-state index is 0. The third kappa shape index (κ3) is 6.07. The highest BCUT2D eigenvalue weighted by Gasteiger charge is 2.17. The van der Waals surface area contributed by atoms with Gasteiger partial charge in [-0.15, -0.1) is 12.4 Å². The van der Waals surface area contributed by atoms with E-state index in [-0.39, 0.29) is 22.9 Å². The fraction of sp³-hybridized carbons (Fsp3) is 0.412. The Morgan fingerprint density at radius 3 is 2.48 bits per heavy atom. The first-order valence-corrected chi connectivity index (χ1v) is 9.67. The Morgan fingerprint density at radius 1 is 1.28 bits per heavy atom. The van der Waals surface area contributed by atoms with Crippen molar-refractivity contribution in [2.75, 3.05) is 6.26 Å². The van der Waals surface area contributed by atoms with Crippen molar-refractivity contribution in [1.29, 1.82) is 5.41 Å². The number of guanidine groups is 1. The number of amides is 1. The molecule has 0 bridgehead atoms. The van der Waals surface area contributed by atoms with E-state index in [0.29, 0.717) is 11.5 Å². The zero-order valence-electron chi connectivity index (χ0n) is 14.0.